The number of nitrogens with zero attached hydrogens (tertiary/aromatic N) is 3. The molecule has 0 bridgehead atoms. The van der Waals surface area contributed by atoms with E-state index >= 15 is 0 Å². The fourth-order valence-corrected chi connectivity index (χ4v) is 3.88. The molecule has 1 aliphatic heterocycles. The Morgan fingerprint density at radius 3 is 2.10 bits per heavy atom. The van der Waals surface area contributed by atoms with Crippen LogP contribution in [0.25, 0.3) is 22.9 Å². The molecule has 31 heavy (non-hydrogen) atoms. The lowest BCUT2D eigenvalue weighted by molar-refractivity contribution is 0.324. The standard InChI is InChI=1S/C24H27N3O4/c1-29-21-13-16(14-22(30-2)23(21)31-3)20(28)15-19-24(27-11-7-4-8-12-27)26-18-10-6-5-9-17(18)25-19/h5-6,9-10,13-15,28H,4,7-8,11-12H2,1-3H3/b20-15-. The van der Waals surface area contributed by atoms with Crippen molar-refractivity contribution in [3.05, 3.63) is 47.7 Å². The molecule has 1 N–H and O–H groups in total. The first-order valence-electron chi connectivity index (χ1n) is 10.4. The molecule has 0 amide bonds. The van der Waals surface area contributed by atoms with Crippen LogP contribution in [0.1, 0.15) is 30.5 Å². The number of piperidine rings is 1. The minimum atomic E-state index is 0.0436. The van der Waals surface area contributed by atoms with Crippen molar-refractivity contribution in [3.63, 3.8) is 0 Å². The molecule has 0 saturated carbocycles. The van der Waals surface area contributed by atoms with Gasteiger partial charge in [-0.05, 0) is 43.5 Å². The molecule has 1 saturated heterocycles. The van der Waals surface area contributed by atoms with E-state index in [1.54, 1.807) is 39.5 Å². The molecular weight excluding hydrogens is 394 g/mol. The lowest BCUT2D eigenvalue weighted by Gasteiger charge is -2.28. The minimum absolute atomic E-state index is 0.0436. The fraction of sp³-hybridized carbons (Fsp3) is 0.333. The number of aromatic nitrogens is 2. The molecule has 0 atom stereocenters. The van der Waals surface area contributed by atoms with Gasteiger partial charge in [-0.15, -0.1) is 0 Å². The van der Waals surface area contributed by atoms with Crippen LogP contribution in [0, 0.1) is 0 Å². The highest BCUT2D eigenvalue weighted by Crippen LogP contribution is 2.40. The number of aliphatic hydroxyl groups excluding tert-OH is 1. The number of ether oxygens (including phenoxy) is 3. The average molecular weight is 421 g/mol. The highest BCUT2D eigenvalue weighted by Gasteiger charge is 2.19. The van der Waals surface area contributed by atoms with Gasteiger partial charge >= 0.3 is 0 Å². The number of hydrogen-bond donors (Lipinski definition) is 1. The summed E-state index contributed by atoms with van der Waals surface area (Å²) in [5.41, 5.74) is 2.79. The van der Waals surface area contributed by atoms with E-state index in [4.69, 9.17) is 24.2 Å². The summed E-state index contributed by atoms with van der Waals surface area (Å²) in [5, 5.41) is 11.0. The van der Waals surface area contributed by atoms with E-state index in [-0.39, 0.29) is 5.76 Å². The van der Waals surface area contributed by atoms with E-state index in [0.29, 0.717) is 28.5 Å². The Labute approximate surface area is 181 Å². The molecule has 1 aromatic heterocycles. The Kier molecular flexibility index (Phi) is 6.11. The van der Waals surface area contributed by atoms with Crippen molar-refractivity contribution in [2.45, 2.75) is 19.3 Å². The first-order chi connectivity index (χ1) is 15.1. The number of rotatable bonds is 6. The van der Waals surface area contributed by atoms with Gasteiger partial charge in [0, 0.05) is 24.7 Å². The molecule has 2 heterocycles. The first kappa shape index (κ1) is 20.8. The molecule has 0 spiro atoms. The first-order valence-corrected chi connectivity index (χ1v) is 10.4. The van der Waals surface area contributed by atoms with Gasteiger partial charge < -0.3 is 24.2 Å². The number of fused-ring (bicyclic) bond motifs is 1. The van der Waals surface area contributed by atoms with E-state index in [9.17, 15) is 5.11 Å². The molecule has 3 aromatic rings. The minimum Gasteiger partial charge on any atom is -0.507 e. The number of para-hydroxylation sites is 2. The van der Waals surface area contributed by atoms with Gasteiger partial charge in [-0.2, -0.15) is 0 Å². The number of anilines is 1. The summed E-state index contributed by atoms with van der Waals surface area (Å²) in [5.74, 6) is 2.25. The summed E-state index contributed by atoms with van der Waals surface area (Å²) in [7, 11) is 4.64. The van der Waals surface area contributed by atoms with Gasteiger partial charge in [0.15, 0.2) is 17.3 Å². The molecule has 7 nitrogen and oxygen atoms in total. The third-order valence-corrected chi connectivity index (χ3v) is 5.47. The molecule has 4 rings (SSSR count). The van der Waals surface area contributed by atoms with Crippen LogP contribution in [-0.2, 0) is 0 Å². The van der Waals surface area contributed by atoms with Crippen molar-refractivity contribution in [1.29, 1.82) is 0 Å². The molecule has 0 unspecified atom stereocenters. The second-order valence-electron chi connectivity index (χ2n) is 7.41. The summed E-state index contributed by atoms with van der Waals surface area (Å²) in [6.07, 6.45) is 5.12. The van der Waals surface area contributed by atoms with Crippen molar-refractivity contribution in [3.8, 4) is 17.2 Å². The average Bonchev–Trinajstić information content (AvgIpc) is 2.83. The lowest BCUT2D eigenvalue weighted by Crippen LogP contribution is -2.31. The van der Waals surface area contributed by atoms with Crippen LogP contribution in [0.2, 0.25) is 0 Å². The number of benzene rings is 2. The predicted octanol–water partition coefficient (Wildman–Crippen LogP) is 4.70. The maximum Gasteiger partial charge on any atom is 0.203 e. The molecule has 0 radical (unpaired) electrons. The summed E-state index contributed by atoms with van der Waals surface area (Å²) < 4.78 is 16.2. The molecule has 1 fully saturated rings. The van der Waals surface area contributed by atoms with Gasteiger partial charge in [0.25, 0.3) is 0 Å². The summed E-state index contributed by atoms with van der Waals surface area (Å²) in [4.78, 5) is 11.9. The quantitative estimate of drug-likeness (QED) is 0.578. The maximum atomic E-state index is 11.0. The van der Waals surface area contributed by atoms with E-state index in [1.807, 2.05) is 24.3 Å². The van der Waals surface area contributed by atoms with E-state index in [0.717, 1.165) is 42.8 Å². The van der Waals surface area contributed by atoms with Crippen molar-refractivity contribution >= 4 is 28.7 Å². The van der Waals surface area contributed by atoms with Gasteiger partial charge in [0.1, 0.15) is 11.5 Å². The third kappa shape index (κ3) is 4.21. The summed E-state index contributed by atoms with van der Waals surface area (Å²) in [6.45, 7) is 1.86. The van der Waals surface area contributed by atoms with Gasteiger partial charge in [-0.3, -0.25) is 0 Å². The van der Waals surface area contributed by atoms with Crippen LogP contribution in [0.15, 0.2) is 36.4 Å². The van der Waals surface area contributed by atoms with Crippen LogP contribution in [0.5, 0.6) is 17.2 Å². The largest absolute Gasteiger partial charge is 0.507 e. The number of hydrogen-bond acceptors (Lipinski definition) is 7. The molecule has 162 valence electrons. The number of methoxy groups -OCH3 is 3. The Hall–Kier alpha value is -3.48. The van der Waals surface area contributed by atoms with Gasteiger partial charge in [0.05, 0.1) is 32.4 Å². The molecule has 7 heteroatoms. The zero-order valence-corrected chi connectivity index (χ0v) is 18.1. The van der Waals surface area contributed by atoms with Gasteiger partial charge in [-0.1, -0.05) is 12.1 Å². The van der Waals surface area contributed by atoms with Crippen molar-refractivity contribution in [2.75, 3.05) is 39.3 Å². The van der Waals surface area contributed by atoms with Crippen LogP contribution >= 0.6 is 0 Å². The lowest BCUT2D eigenvalue weighted by atomic mass is 10.1. The van der Waals surface area contributed by atoms with Gasteiger partial charge in [-0.25, -0.2) is 9.97 Å². The van der Waals surface area contributed by atoms with E-state index in [2.05, 4.69) is 4.90 Å². The molecular formula is C24H27N3O4. The molecule has 1 aliphatic rings. The zero-order valence-electron chi connectivity index (χ0n) is 18.1. The van der Waals surface area contributed by atoms with Crippen LogP contribution in [0.3, 0.4) is 0 Å². The smallest absolute Gasteiger partial charge is 0.203 e. The highest BCUT2D eigenvalue weighted by molar-refractivity contribution is 5.85. The Morgan fingerprint density at radius 1 is 0.903 bits per heavy atom. The Morgan fingerprint density at radius 2 is 1.52 bits per heavy atom. The fourth-order valence-electron chi connectivity index (χ4n) is 3.88. The van der Waals surface area contributed by atoms with E-state index in [1.165, 1.54) is 6.42 Å². The third-order valence-electron chi connectivity index (χ3n) is 5.47. The van der Waals surface area contributed by atoms with Crippen LogP contribution in [-0.4, -0.2) is 49.5 Å². The van der Waals surface area contributed by atoms with Crippen molar-refractivity contribution < 1.29 is 19.3 Å². The van der Waals surface area contributed by atoms with Crippen LogP contribution < -0.4 is 19.1 Å². The maximum absolute atomic E-state index is 11.0. The SMILES string of the molecule is COc1cc(/C(O)=C/c2nc3ccccc3nc2N2CCCCC2)cc(OC)c1OC. The van der Waals surface area contributed by atoms with Crippen LogP contribution in [0.4, 0.5) is 5.82 Å². The highest BCUT2D eigenvalue weighted by atomic mass is 16.5. The van der Waals surface area contributed by atoms with Crippen molar-refractivity contribution in [2.24, 2.45) is 0 Å². The van der Waals surface area contributed by atoms with Gasteiger partial charge in [0.2, 0.25) is 5.75 Å². The number of aliphatic hydroxyl groups is 1. The second-order valence-corrected chi connectivity index (χ2v) is 7.41. The second kappa shape index (κ2) is 9.12. The monoisotopic (exact) mass is 421 g/mol. The normalized spacial score (nSPS) is 14.5. The Bertz CT molecular complexity index is 1080. The summed E-state index contributed by atoms with van der Waals surface area (Å²) >= 11 is 0. The Balaban J connectivity index is 1.82. The van der Waals surface area contributed by atoms with Crippen molar-refractivity contribution in [1.82, 2.24) is 9.97 Å². The zero-order chi connectivity index (χ0) is 21.8. The predicted molar refractivity (Wildman–Crippen MR) is 122 cm³/mol. The topological polar surface area (TPSA) is 76.9 Å². The molecule has 2 aromatic carbocycles. The summed E-state index contributed by atoms with van der Waals surface area (Å²) in [6, 6.07) is 11.2. The van der Waals surface area contributed by atoms with E-state index < -0.39 is 0 Å². The molecule has 0 aliphatic carbocycles.